The van der Waals surface area contributed by atoms with E-state index in [1.165, 1.54) is 0 Å². The van der Waals surface area contributed by atoms with E-state index in [9.17, 15) is 0 Å². The second-order valence-electron chi connectivity index (χ2n) is 3.98. The van der Waals surface area contributed by atoms with Gasteiger partial charge in [0.1, 0.15) is 23.0 Å². The monoisotopic (exact) mass is 290 g/mol. The van der Waals surface area contributed by atoms with Crippen LogP contribution in [0.2, 0.25) is 0 Å². The summed E-state index contributed by atoms with van der Waals surface area (Å²) in [4.78, 5) is 4.22. The van der Waals surface area contributed by atoms with E-state index in [1.807, 2.05) is 48.5 Å². The van der Waals surface area contributed by atoms with Gasteiger partial charge in [0.2, 0.25) is 0 Å². The first-order valence-corrected chi connectivity index (χ1v) is 6.56. The average molecular weight is 291 g/mol. The van der Waals surface area contributed by atoms with Crippen LogP contribution in [-0.4, -0.2) is 18.8 Å². The number of hydrogen-bond acceptors (Lipinski definition) is 3. The van der Waals surface area contributed by atoms with Gasteiger partial charge in [-0.25, -0.2) is 4.99 Å². The highest BCUT2D eigenvalue weighted by atomic mass is 35.5. The molecular formula is C15H15ClN2O2. The van der Waals surface area contributed by atoms with Crippen LogP contribution in [0.15, 0.2) is 53.5 Å². The summed E-state index contributed by atoms with van der Waals surface area (Å²) in [5.41, 5.74) is 6.29. The zero-order valence-electron chi connectivity index (χ0n) is 11.0. The summed E-state index contributed by atoms with van der Waals surface area (Å²) in [6.07, 6.45) is 0. The highest BCUT2D eigenvalue weighted by Crippen LogP contribution is 2.32. The molecule has 0 spiro atoms. The molecule has 0 saturated carbocycles. The summed E-state index contributed by atoms with van der Waals surface area (Å²) < 4.78 is 10.9. The topological polar surface area (TPSA) is 56.8 Å². The number of para-hydroxylation sites is 2. The van der Waals surface area contributed by atoms with Crippen LogP contribution < -0.4 is 15.2 Å². The fourth-order valence-electron chi connectivity index (χ4n) is 1.59. The van der Waals surface area contributed by atoms with Gasteiger partial charge in [0.15, 0.2) is 5.75 Å². The van der Waals surface area contributed by atoms with Crippen molar-refractivity contribution in [1.29, 1.82) is 0 Å². The number of ether oxygens (including phenoxy) is 2. The summed E-state index contributed by atoms with van der Waals surface area (Å²) in [6, 6.07) is 14.7. The third-order valence-electron chi connectivity index (χ3n) is 2.55. The van der Waals surface area contributed by atoms with E-state index < -0.39 is 0 Å². The number of methoxy groups -OCH3 is 1. The Labute approximate surface area is 122 Å². The lowest BCUT2D eigenvalue weighted by Gasteiger charge is -2.09. The van der Waals surface area contributed by atoms with Gasteiger partial charge in [-0.2, -0.15) is 0 Å². The zero-order valence-corrected chi connectivity index (χ0v) is 11.8. The van der Waals surface area contributed by atoms with E-state index >= 15 is 0 Å². The molecule has 0 amide bonds. The van der Waals surface area contributed by atoms with Crippen molar-refractivity contribution in [1.82, 2.24) is 0 Å². The lowest BCUT2D eigenvalue weighted by molar-refractivity contribution is 0.413. The van der Waals surface area contributed by atoms with Gasteiger partial charge in [-0.05, 0) is 36.4 Å². The molecule has 0 bridgehead atoms. The van der Waals surface area contributed by atoms with Crippen molar-refractivity contribution >= 4 is 23.1 Å². The maximum atomic E-state index is 5.79. The molecule has 2 aromatic rings. The molecule has 2 aromatic carbocycles. The Hall–Kier alpha value is -2.20. The van der Waals surface area contributed by atoms with Gasteiger partial charge in [-0.1, -0.05) is 12.1 Å². The number of aliphatic imine (C=N–C) groups is 1. The summed E-state index contributed by atoms with van der Waals surface area (Å²) in [6.45, 7) is 0. The molecule has 0 atom stereocenters. The molecule has 20 heavy (non-hydrogen) atoms. The normalized spacial score (nSPS) is 11.2. The average Bonchev–Trinajstić information content (AvgIpc) is 2.50. The van der Waals surface area contributed by atoms with E-state index in [0.717, 1.165) is 5.75 Å². The van der Waals surface area contributed by atoms with E-state index in [-0.39, 0.29) is 5.88 Å². The van der Waals surface area contributed by atoms with Crippen LogP contribution in [0.1, 0.15) is 0 Å². The molecule has 5 heteroatoms. The standard InChI is InChI=1S/C15H15ClN2O2/c1-19-11-6-8-12(9-7-11)20-14-5-3-2-4-13(14)18-15(17)10-16/h2-9H,10H2,1H3,(H2,17,18). The van der Waals surface area contributed by atoms with Gasteiger partial charge in [0.25, 0.3) is 0 Å². The zero-order chi connectivity index (χ0) is 14.4. The molecule has 2 rings (SSSR count). The third kappa shape index (κ3) is 3.65. The summed E-state index contributed by atoms with van der Waals surface area (Å²) in [5.74, 6) is 2.60. The largest absolute Gasteiger partial charge is 0.497 e. The molecule has 0 aliphatic heterocycles. The maximum absolute atomic E-state index is 5.79. The van der Waals surface area contributed by atoms with E-state index in [0.29, 0.717) is 23.0 Å². The second-order valence-corrected chi connectivity index (χ2v) is 4.25. The molecule has 0 aliphatic rings. The molecule has 0 saturated heterocycles. The van der Waals surface area contributed by atoms with Crippen LogP contribution in [0.3, 0.4) is 0 Å². The highest BCUT2D eigenvalue weighted by Gasteiger charge is 2.04. The highest BCUT2D eigenvalue weighted by molar-refractivity contribution is 6.28. The molecular weight excluding hydrogens is 276 g/mol. The Balaban J connectivity index is 2.24. The fraction of sp³-hybridized carbons (Fsp3) is 0.133. The molecule has 2 N–H and O–H groups in total. The van der Waals surface area contributed by atoms with Crippen molar-refractivity contribution in [2.24, 2.45) is 10.7 Å². The Morgan fingerprint density at radius 3 is 2.40 bits per heavy atom. The quantitative estimate of drug-likeness (QED) is 0.519. The van der Waals surface area contributed by atoms with Crippen LogP contribution in [0.4, 0.5) is 5.69 Å². The smallest absolute Gasteiger partial charge is 0.153 e. The van der Waals surface area contributed by atoms with Gasteiger partial charge in [0, 0.05) is 0 Å². The lowest BCUT2D eigenvalue weighted by atomic mass is 10.3. The van der Waals surface area contributed by atoms with Crippen molar-refractivity contribution in [3.63, 3.8) is 0 Å². The third-order valence-corrected chi connectivity index (χ3v) is 2.83. The number of hydrogen-bond donors (Lipinski definition) is 1. The molecule has 0 fully saturated rings. The first-order valence-electron chi connectivity index (χ1n) is 6.03. The fourth-order valence-corrected chi connectivity index (χ4v) is 1.65. The number of benzene rings is 2. The minimum absolute atomic E-state index is 0.177. The molecule has 0 aromatic heterocycles. The Bertz CT molecular complexity index is 597. The van der Waals surface area contributed by atoms with Crippen molar-refractivity contribution < 1.29 is 9.47 Å². The van der Waals surface area contributed by atoms with E-state index in [4.69, 9.17) is 26.8 Å². The Morgan fingerprint density at radius 1 is 1.10 bits per heavy atom. The number of amidine groups is 1. The van der Waals surface area contributed by atoms with Crippen LogP contribution in [0, 0.1) is 0 Å². The Kier molecular flexibility index (Phi) is 4.85. The number of nitrogens with two attached hydrogens (primary N) is 1. The first kappa shape index (κ1) is 14.2. The van der Waals surface area contributed by atoms with Crippen LogP contribution in [-0.2, 0) is 0 Å². The van der Waals surface area contributed by atoms with Crippen LogP contribution in [0.25, 0.3) is 0 Å². The maximum Gasteiger partial charge on any atom is 0.153 e. The molecule has 0 aliphatic carbocycles. The SMILES string of the molecule is COc1ccc(Oc2ccccc2N=C(N)CCl)cc1. The Morgan fingerprint density at radius 2 is 1.75 bits per heavy atom. The van der Waals surface area contributed by atoms with Gasteiger partial charge in [-0.3, -0.25) is 0 Å². The number of rotatable bonds is 5. The second kappa shape index (κ2) is 6.82. The molecule has 4 nitrogen and oxygen atoms in total. The first-order chi connectivity index (χ1) is 9.72. The van der Waals surface area contributed by atoms with Crippen molar-refractivity contribution in [3.05, 3.63) is 48.5 Å². The van der Waals surface area contributed by atoms with Gasteiger partial charge < -0.3 is 15.2 Å². The van der Waals surface area contributed by atoms with E-state index in [2.05, 4.69) is 4.99 Å². The lowest BCUT2D eigenvalue weighted by Crippen LogP contribution is -2.12. The minimum Gasteiger partial charge on any atom is -0.497 e. The number of alkyl halides is 1. The van der Waals surface area contributed by atoms with Gasteiger partial charge >= 0.3 is 0 Å². The van der Waals surface area contributed by atoms with Crippen molar-refractivity contribution in [2.45, 2.75) is 0 Å². The minimum atomic E-state index is 0.177. The van der Waals surface area contributed by atoms with Crippen molar-refractivity contribution in [3.8, 4) is 17.2 Å². The summed E-state index contributed by atoms with van der Waals surface area (Å²) in [5, 5.41) is 0. The summed E-state index contributed by atoms with van der Waals surface area (Å²) >= 11 is 5.64. The summed E-state index contributed by atoms with van der Waals surface area (Å²) in [7, 11) is 1.62. The van der Waals surface area contributed by atoms with E-state index in [1.54, 1.807) is 7.11 Å². The van der Waals surface area contributed by atoms with Crippen LogP contribution in [0.5, 0.6) is 17.2 Å². The number of nitrogens with zero attached hydrogens (tertiary/aromatic N) is 1. The molecule has 104 valence electrons. The molecule has 0 radical (unpaired) electrons. The molecule has 0 heterocycles. The van der Waals surface area contributed by atoms with Gasteiger partial charge in [-0.15, -0.1) is 11.6 Å². The van der Waals surface area contributed by atoms with Gasteiger partial charge in [0.05, 0.1) is 13.0 Å². The predicted octanol–water partition coefficient (Wildman–Crippen LogP) is 3.72. The predicted molar refractivity (Wildman–Crippen MR) is 81.5 cm³/mol. The molecule has 0 unspecified atom stereocenters. The van der Waals surface area contributed by atoms with Crippen LogP contribution >= 0.6 is 11.6 Å². The number of halogens is 1. The van der Waals surface area contributed by atoms with Crippen molar-refractivity contribution in [2.75, 3.05) is 13.0 Å².